The second kappa shape index (κ2) is 7.70. The first-order valence-electron chi connectivity index (χ1n) is 5.57. The Bertz CT molecular complexity index is 454. The van der Waals surface area contributed by atoms with Gasteiger partial charge >= 0.3 is 10.8 Å². The van der Waals surface area contributed by atoms with Crippen molar-refractivity contribution in [3.05, 3.63) is 40.5 Å². The molecule has 126 valence electrons. The third kappa shape index (κ3) is 5.55. The highest BCUT2D eigenvalue weighted by molar-refractivity contribution is 4.79. The molecule has 0 aromatic carbocycles. The fraction of sp³-hybridized carbons (Fsp3) is 1.00. The van der Waals surface area contributed by atoms with Crippen LogP contribution in [0.25, 0.3) is 0 Å². The van der Waals surface area contributed by atoms with E-state index in [4.69, 9.17) is 0 Å². The fourth-order valence-corrected chi connectivity index (χ4v) is 1.64. The van der Waals surface area contributed by atoms with Crippen LogP contribution in [0.1, 0.15) is 20.3 Å². The topological polar surface area (TPSA) is 200 Å². The van der Waals surface area contributed by atoms with Gasteiger partial charge in [-0.15, -0.1) is 30.3 Å². The van der Waals surface area contributed by atoms with Crippen molar-refractivity contribution in [1.82, 2.24) is 0 Å². The van der Waals surface area contributed by atoms with Crippen molar-refractivity contribution in [3.8, 4) is 0 Å². The molecular formula is C7H12N4O11. The molecule has 0 fully saturated rings. The van der Waals surface area contributed by atoms with Crippen LogP contribution in [-0.2, 0) is 14.5 Å². The van der Waals surface area contributed by atoms with E-state index in [9.17, 15) is 40.5 Å². The van der Waals surface area contributed by atoms with Gasteiger partial charge in [0.05, 0.1) is 4.92 Å². The van der Waals surface area contributed by atoms with Gasteiger partial charge in [0.15, 0.2) is 0 Å². The molecule has 2 atom stereocenters. The lowest BCUT2D eigenvalue weighted by atomic mass is 9.96. The van der Waals surface area contributed by atoms with Crippen LogP contribution in [0.2, 0.25) is 0 Å². The molecule has 22 heavy (non-hydrogen) atoms. The van der Waals surface area contributed by atoms with E-state index in [2.05, 4.69) is 14.5 Å². The normalized spacial score (nSPS) is 14.5. The van der Waals surface area contributed by atoms with Gasteiger partial charge < -0.3 is 4.84 Å². The lowest BCUT2D eigenvalue weighted by molar-refractivity contribution is -0.880. The van der Waals surface area contributed by atoms with Crippen LogP contribution >= 0.6 is 0 Å². The quantitative estimate of drug-likeness (QED) is 0.280. The van der Waals surface area contributed by atoms with E-state index in [1.807, 2.05) is 0 Å². The average molecular weight is 328 g/mol. The van der Waals surface area contributed by atoms with Gasteiger partial charge in [0.25, 0.3) is 10.2 Å². The van der Waals surface area contributed by atoms with Crippen molar-refractivity contribution < 1.29 is 34.7 Å². The molecule has 0 aliphatic heterocycles. The Morgan fingerprint density at radius 2 is 1.50 bits per heavy atom. The first-order chi connectivity index (χ1) is 10.0. The highest BCUT2D eigenvalue weighted by Gasteiger charge is 2.58. The summed E-state index contributed by atoms with van der Waals surface area (Å²) in [4.78, 5) is 52.7. The van der Waals surface area contributed by atoms with Gasteiger partial charge in [0.2, 0.25) is 6.10 Å². The average Bonchev–Trinajstić information content (AvgIpc) is 2.31. The SMILES string of the molecule is CC(C)CC(O[N+](=O)[O-])(C(CO[N+](=O)[O-])O[N+](=O)[O-])[N+](=O)[O-]. The zero-order chi connectivity index (χ0) is 17.5. The summed E-state index contributed by atoms with van der Waals surface area (Å²) in [5, 5.41) is 37.9. The highest BCUT2D eigenvalue weighted by atomic mass is 17.0. The van der Waals surface area contributed by atoms with E-state index in [0.717, 1.165) is 0 Å². The van der Waals surface area contributed by atoms with Crippen molar-refractivity contribution in [2.24, 2.45) is 5.92 Å². The summed E-state index contributed by atoms with van der Waals surface area (Å²) < 4.78 is 0. The first kappa shape index (κ1) is 19.0. The summed E-state index contributed by atoms with van der Waals surface area (Å²) in [6.07, 6.45) is -3.03. The largest absolute Gasteiger partial charge is 0.391 e. The number of hydrogen-bond acceptors (Lipinski definition) is 11. The Kier molecular flexibility index (Phi) is 6.65. The molecule has 15 heteroatoms. The third-order valence-electron chi connectivity index (χ3n) is 2.29. The van der Waals surface area contributed by atoms with E-state index >= 15 is 0 Å². The molecule has 0 spiro atoms. The van der Waals surface area contributed by atoms with Crippen LogP contribution in [0, 0.1) is 46.4 Å². The van der Waals surface area contributed by atoms with Gasteiger partial charge in [-0.3, -0.25) is 15.0 Å². The molecule has 0 saturated carbocycles. The molecule has 0 amide bonds. The fourth-order valence-electron chi connectivity index (χ4n) is 1.64. The molecule has 0 aromatic heterocycles. The second-order valence-corrected chi connectivity index (χ2v) is 4.35. The van der Waals surface area contributed by atoms with Crippen molar-refractivity contribution >= 4 is 0 Å². The zero-order valence-corrected chi connectivity index (χ0v) is 11.3. The number of nitro groups is 1. The van der Waals surface area contributed by atoms with Crippen molar-refractivity contribution in [2.75, 3.05) is 6.61 Å². The van der Waals surface area contributed by atoms with Gasteiger partial charge in [0, 0.05) is 6.42 Å². The molecule has 0 radical (unpaired) electrons. The molecule has 0 aliphatic rings. The maximum atomic E-state index is 11.2. The summed E-state index contributed by atoms with van der Waals surface area (Å²) >= 11 is 0. The predicted octanol–water partition coefficient (Wildman–Crippen LogP) is -0.001000. The molecule has 0 bridgehead atoms. The van der Waals surface area contributed by atoms with Crippen LogP contribution < -0.4 is 0 Å². The van der Waals surface area contributed by atoms with Crippen molar-refractivity contribution in [3.63, 3.8) is 0 Å². The van der Waals surface area contributed by atoms with Gasteiger partial charge in [-0.05, 0) is 5.92 Å². The molecule has 0 rings (SSSR count). The standard InChI is InChI=1S/C7H12N4O11/c1-5(2)3-7(8(12)13,22-11(18)19)6(21-10(16)17)4-20-9(14)15/h5-6H,3-4H2,1-2H3. The van der Waals surface area contributed by atoms with E-state index in [1.54, 1.807) is 0 Å². The zero-order valence-electron chi connectivity index (χ0n) is 11.3. The summed E-state index contributed by atoms with van der Waals surface area (Å²) in [6.45, 7) is 1.52. The predicted molar refractivity (Wildman–Crippen MR) is 62.1 cm³/mol. The Morgan fingerprint density at radius 3 is 1.82 bits per heavy atom. The maximum absolute atomic E-state index is 11.2. The summed E-state index contributed by atoms with van der Waals surface area (Å²) in [7, 11) is 0. The van der Waals surface area contributed by atoms with Crippen molar-refractivity contribution in [1.29, 1.82) is 0 Å². The van der Waals surface area contributed by atoms with Gasteiger partial charge in [-0.2, -0.15) is 0 Å². The minimum Gasteiger partial charge on any atom is -0.311 e. The molecule has 0 saturated heterocycles. The van der Waals surface area contributed by atoms with Crippen LogP contribution in [0.3, 0.4) is 0 Å². The number of nitrogens with zero attached hydrogens (tertiary/aromatic N) is 4. The summed E-state index contributed by atoms with van der Waals surface area (Å²) in [5.74, 6) is -0.598. The molecule has 0 aliphatic carbocycles. The number of rotatable bonds is 11. The molecule has 15 nitrogen and oxygen atoms in total. The van der Waals surface area contributed by atoms with Crippen LogP contribution in [-0.4, -0.2) is 38.6 Å². The minimum atomic E-state index is -3.04. The van der Waals surface area contributed by atoms with E-state index in [0.29, 0.717) is 0 Å². The van der Waals surface area contributed by atoms with Gasteiger partial charge in [0.1, 0.15) is 6.61 Å². The Hall–Kier alpha value is -3.00. The van der Waals surface area contributed by atoms with Crippen LogP contribution in [0.5, 0.6) is 0 Å². The van der Waals surface area contributed by atoms with Crippen LogP contribution in [0.4, 0.5) is 0 Å². The smallest absolute Gasteiger partial charge is 0.311 e. The van der Waals surface area contributed by atoms with E-state index < -0.39 is 51.0 Å². The van der Waals surface area contributed by atoms with Crippen molar-refractivity contribution in [2.45, 2.75) is 32.1 Å². The highest BCUT2D eigenvalue weighted by Crippen LogP contribution is 2.29. The Balaban J connectivity index is 5.74. The van der Waals surface area contributed by atoms with E-state index in [-0.39, 0.29) is 0 Å². The van der Waals surface area contributed by atoms with Gasteiger partial charge in [-0.1, -0.05) is 13.8 Å². The maximum Gasteiger partial charge on any atom is 0.391 e. The molecule has 2 unspecified atom stereocenters. The second-order valence-electron chi connectivity index (χ2n) is 4.35. The number of hydrogen-bond donors (Lipinski definition) is 0. The molecule has 0 aromatic rings. The first-order valence-corrected chi connectivity index (χ1v) is 5.57. The minimum absolute atomic E-state index is 0.598. The lowest BCUT2D eigenvalue weighted by Crippen LogP contribution is -2.57. The van der Waals surface area contributed by atoms with Crippen LogP contribution in [0.15, 0.2) is 0 Å². The lowest BCUT2D eigenvalue weighted by Gasteiger charge is -2.29. The Labute approximate surface area is 121 Å². The summed E-state index contributed by atoms with van der Waals surface area (Å²) in [6, 6.07) is 0. The van der Waals surface area contributed by atoms with E-state index in [1.165, 1.54) is 13.8 Å². The Morgan fingerprint density at radius 1 is 0.955 bits per heavy atom. The molecule has 0 heterocycles. The summed E-state index contributed by atoms with van der Waals surface area (Å²) in [5.41, 5.74) is -3.04. The molecular weight excluding hydrogens is 316 g/mol. The third-order valence-corrected chi connectivity index (χ3v) is 2.29. The van der Waals surface area contributed by atoms with Gasteiger partial charge in [-0.25, -0.2) is 4.84 Å². The molecule has 0 N–H and O–H groups in total. The monoisotopic (exact) mass is 328 g/mol.